The summed E-state index contributed by atoms with van der Waals surface area (Å²) in [6, 6.07) is 1.02. The summed E-state index contributed by atoms with van der Waals surface area (Å²) >= 11 is 0. The Morgan fingerprint density at radius 1 is 1.42 bits per heavy atom. The van der Waals surface area contributed by atoms with Gasteiger partial charge in [-0.05, 0) is 12.1 Å². The number of pyridine rings is 1. The van der Waals surface area contributed by atoms with Crippen LogP contribution < -0.4 is 10.2 Å². The molecule has 19 heavy (non-hydrogen) atoms. The van der Waals surface area contributed by atoms with Gasteiger partial charge in [-0.1, -0.05) is 0 Å². The fourth-order valence-corrected chi connectivity index (χ4v) is 1.29. The van der Waals surface area contributed by atoms with Crippen molar-refractivity contribution in [1.82, 2.24) is 10.3 Å². The van der Waals surface area contributed by atoms with Gasteiger partial charge in [-0.15, -0.1) is 0 Å². The van der Waals surface area contributed by atoms with Gasteiger partial charge >= 0.3 is 18.0 Å². The predicted octanol–water partition coefficient (Wildman–Crippen LogP) is 0.155. The highest BCUT2D eigenvalue weighted by Crippen LogP contribution is 2.09. The zero-order chi connectivity index (χ0) is 14.4. The molecule has 8 heteroatoms. The number of rotatable bonds is 5. The fourth-order valence-electron chi connectivity index (χ4n) is 1.29. The standard InChI is InChI=1S/C11H13N3O5/c1-14(7-3-2-4-12-6-7)11(19)13-8(10(17)18)5-9(15)16/h2-4,6,8H,5H2,1H3,(H,13,19)(H,15,16)(H,17,18)/t8-/m1/s1. The van der Waals surface area contributed by atoms with Gasteiger partial charge in [0.1, 0.15) is 6.04 Å². The van der Waals surface area contributed by atoms with Gasteiger partial charge in [0.15, 0.2) is 0 Å². The van der Waals surface area contributed by atoms with E-state index < -0.39 is 30.4 Å². The van der Waals surface area contributed by atoms with Crippen LogP contribution in [0.15, 0.2) is 24.5 Å². The first-order valence-electron chi connectivity index (χ1n) is 5.30. The third-order valence-corrected chi connectivity index (χ3v) is 2.31. The van der Waals surface area contributed by atoms with E-state index in [-0.39, 0.29) is 0 Å². The van der Waals surface area contributed by atoms with Crippen LogP contribution in [0.25, 0.3) is 0 Å². The second-order valence-corrected chi connectivity index (χ2v) is 3.71. The summed E-state index contributed by atoms with van der Waals surface area (Å²) in [7, 11) is 1.42. The van der Waals surface area contributed by atoms with E-state index in [2.05, 4.69) is 10.3 Å². The maximum absolute atomic E-state index is 11.8. The lowest BCUT2D eigenvalue weighted by Crippen LogP contribution is -2.47. The number of nitrogens with one attached hydrogen (secondary N) is 1. The molecule has 0 bridgehead atoms. The molecule has 8 nitrogen and oxygen atoms in total. The Labute approximate surface area is 108 Å². The Kier molecular flexibility index (Phi) is 4.81. The quantitative estimate of drug-likeness (QED) is 0.698. The van der Waals surface area contributed by atoms with E-state index >= 15 is 0 Å². The molecular weight excluding hydrogens is 254 g/mol. The van der Waals surface area contributed by atoms with E-state index in [1.54, 1.807) is 12.1 Å². The van der Waals surface area contributed by atoms with Crippen molar-refractivity contribution in [3.05, 3.63) is 24.5 Å². The molecule has 0 saturated heterocycles. The minimum Gasteiger partial charge on any atom is -0.481 e. The Hall–Kier alpha value is -2.64. The molecule has 1 rings (SSSR count). The predicted molar refractivity (Wildman–Crippen MR) is 64.8 cm³/mol. The van der Waals surface area contributed by atoms with Crippen LogP contribution in [-0.2, 0) is 9.59 Å². The number of amides is 2. The Balaban J connectivity index is 2.72. The van der Waals surface area contributed by atoms with Crippen molar-refractivity contribution in [2.75, 3.05) is 11.9 Å². The van der Waals surface area contributed by atoms with Crippen LogP contribution in [-0.4, -0.2) is 46.3 Å². The maximum atomic E-state index is 11.8. The number of anilines is 1. The second kappa shape index (κ2) is 6.34. The summed E-state index contributed by atoms with van der Waals surface area (Å²) in [5, 5.41) is 19.5. The van der Waals surface area contributed by atoms with Gasteiger partial charge in [-0.3, -0.25) is 14.7 Å². The molecule has 1 atom stereocenters. The molecule has 0 spiro atoms. The second-order valence-electron chi connectivity index (χ2n) is 3.71. The Morgan fingerprint density at radius 2 is 2.11 bits per heavy atom. The minimum absolute atomic E-state index is 0.458. The van der Waals surface area contributed by atoms with Gasteiger partial charge in [-0.2, -0.15) is 0 Å². The minimum atomic E-state index is -1.48. The van der Waals surface area contributed by atoms with Gasteiger partial charge in [0.2, 0.25) is 0 Å². The fraction of sp³-hybridized carbons (Fsp3) is 0.273. The molecule has 1 heterocycles. The molecule has 3 N–H and O–H groups in total. The average Bonchev–Trinajstić information content (AvgIpc) is 2.37. The number of nitrogens with zero attached hydrogens (tertiary/aromatic N) is 2. The molecule has 0 aliphatic carbocycles. The van der Waals surface area contributed by atoms with E-state index in [1.807, 2.05) is 0 Å². The van der Waals surface area contributed by atoms with Crippen molar-refractivity contribution in [2.24, 2.45) is 0 Å². The SMILES string of the molecule is CN(C(=O)N[C@H](CC(=O)O)C(=O)O)c1cccnc1. The van der Waals surface area contributed by atoms with Crippen molar-refractivity contribution in [3.63, 3.8) is 0 Å². The highest BCUT2D eigenvalue weighted by molar-refractivity contribution is 5.94. The van der Waals surface area contributed by atoms with E-state index in [1.165, 1.54) is 19.4 Å². The molecule has 0 unspecified atom stereocenters. The smallest absolute Gasteiger partial charge is 0.326 e. The van der Waals surface area contributed by atoms with E-state index in [4.69, 9.17) is 10.2 Å². The van der Waals surface area contributed by atoms with Crippen LogP contribution >= 0.6 is 0 Å². The van der Waals surface area contributed by atoms with Gasteiger partial charge in [0.25, 0.3) is 0 Å². The number of aliphatic carboxylic acids is 2. The van der Waals surface area contributed by atoms with Crippen LogP contribution in [0.3, 0.4) is 0 Å². The van der Waals surface area contributed by atoms with Gasteiger partial charge in [0, 0.05) is 13.2 Å². The van der Waals surface area contributed by atoms with Crippen LogP contribution in [0.4, 0.5) is 10.5 Å². The first-order valence-corrected chi connectivity index (χ1v) is 5.30. The summed E-state index contributed by atoms with van der Waals surface area (Å²) in [5.41, 5.74) is 0.458. The Bertz CT molecular complexity index is 476. The number of urea groups is 1. The molecule has 1 aromatic heterocycles. The van der Waals surface area contributed by atoms with Gasteiger partial charge in [-0.25, -0.2) is 9.59 Å². The van der Waals surface area contributed by atoms with Crippen molar-refractivity contribution < 1.29 is 24.6 Å². The number of aromatic nitrogens is 1. The van der Waals surface area contributed by atoms with Crippen molar-refractivity contribution >= 4 is 23.7 Å². The van der Waals surface area contributed by atoms with Crippen LogP contribution in [0, 0.1) is 0 Å². The highest BCUT2D eigenvalue weighted by atomic mass is 16.4. The zero-order valence-electron chi connectivity index (χ0n) is 10.1. The lowest BCUT2D eigenvalue weighted by Gasteiger charge is -2.20. The van der Waals surface area contributed by atoms with Crippen molar-refractivity contribution in [1.29, 1.82) is 0 Å². The summed E-state index contributed by atoms with van der Waals surface area (Å²) in [4.78, 5) is 38.1. The first kappa shape index (κ1) is 14.4. The summed E-state index contributed by atoms with van der Waals surface area (Å²) in [6.07, 6.45) is 2.26. The molecule has 0 aliphatic rings. The number of hydrogen-bond donors (Lipinski definition) is 3. The van der Waals surface area contributed by atoms with Crippen LogP contribution in [0.2, 0.25) is 0 Å². The lowest BCUT2D eigenvalue weighted by atomic mass is 10.2. The van der Waals surface area contributed by atoms with E-state index in [0.29, 0.717) is 5.69 Å². The summed E-state index contributed by atoms with van der Waals surface area (Å²) in [6.45, 7) is 0. The van der Waals surface area contributed by atoms with Crippen molar-refractivity contribution in [3.8, 4) is 0 Å². The average molecular weight is 267 g/mol. The highest BCUT2D eigenvalue weighted by Gasteiger charge is 2.24. The number of carboxylic acid groups (broad SMARTS) is 2. The van der Waals surface area contributed by atoms with Crippen LogP contribution in [0.5, 0.6) is 0 Å². The lowest BCUT2D eigenvalue weighted by molar-refractivity contribution is -0.145. The number of carbonyl (C=O) groups excluding carboxylic acids is 1. The summed E-state index contributed by atoms with van der Waals surface area (Å²) in [5.74, 6) is -2.72. The van der Waals surface area contributed by atoms with Crippen molar-refractivity contribution in [2.45, 2.75) is 12.5 Å². The summed E-state index contributed by atoms with van der Waals surface area (Å²) < 4.78 is 0. The molecule has 0 aliphatic heterocycles. The molecule has 0 radical (unpaired) electrons. The monoisotopic (exact) mass is 267 g/mol. The topological polar surface area (TPSA) is 120 Å². The number of hydrogen-bond acceptors (Lipinski definition) is 4. The van der Waals surface area contributed by atoms with Gasteiger partial charge in [0.05, 0.1) is 18.3 Å². The molecule has 0 saturated carbocycles. The molecule has 0 fully saturated rings. The normalized spacial score (nSPS) is 11.4. The van der Waals surface area contributed by atoms with E-state index in [0.717, 1.165) is 4.90 Å². The molecule has 0 aromatic carbocycles. The molecule has 1 aromatic rings. The van der Waals surface area contributed by atoms with Gasteiger partial charge < -0.3 is 15.5 Å². The third kappa shape index (κ3) is 4.26. The van der Waals surface area contributed by atoms with Crippen LogP contribution in [0.1, 0.15) is 6.42 Å². The zero-order valence-corrected chi connectivity index (χ0v) is 10.1. The number of carbonyl (C=O) groups is 3. The molecular formula is C11H13N3O5. The first-order chi connectivity index (χ1) is 8.91. The third-order valence-electron chi connectivity index (χ3n) is 2.31. The molecule has 102 valence electrons. The Morgan fingerprint density at radius 3 is 2.58 bits per heavy atom. The largest absolute Gasteiger partial charge is 0.481 e. The van der Waals surface area contributed by atoms with E-state index in [9.17, 15) is 14.4 Å². The maximum Gasteiger partial charge on any atom is 0.326 e. The number of carboxylic acids is 2. The molecule has 2 amide bonds.